The molecule has 0 unspecified atom stereocenters. The molecule has 0 aromatic heterocycles. The summed E-state index contributed by atoms with van der Waals surface area (Å²) in [4.78, 5) is 12.2. The van der Waals surface area contributed by atoms with E-state index in [-0.39, 0.29) is 5.91 Å². The highest BCUT2D eigenvalue weighted by molar-refractivity contribution is 5.95. The summed E-state index contributed by atoms with van der Waals surface area (Å²) in [6.07, 6.45) is 1.57. The van der Waals surface area contributed by atoms with E-state index >= 15 is 0 Å². The molecule has 0 saturated heterocycles. The molecule has 0 heterocycles. The number of hydrogen-bond donors (Lipinski definition) is 1. The number of hydrazone groups is 1. The third kappa shape index (κ3) is 5.24. The second-order valence-electron chi connectivity index (χ2n) is 5.00. The first-order chi connectivity index (χ1) is 12.2. The van der Waals surface area contributed by atoms with Crippen LogP contribution in [0.25, 0.3) is 0 Å². The van der Waals surface area contributed by atoms with Crippen molar-refractivity contribution in [3.05, 3.63) is 53.6 Å². The van der Waals surface area contributed by atoms with E-state index in [2.05, 4.69) is 10.5 Å². The minimum absolute atomic E-state index is 0.328. The molecule has 0 aliphatic carbocycles. The van der Waals surface area contributed by atoms with E-state index in [0.29, 0.717) is 30.3 Å². The predicted octanol–water partition coefficient (Wildman–Crippen LogP) is 3.26. The highest BCUT2D eigenvalue weighted by Crippen LogP contribution is 2.27. The van der Waals surface area contributed by atoms with E-state index in [9.17, 15) is 4.79 Å². The van der Waals surface area contributed by atoms with Crippen molar-refractivity contribution in [2.45, 2.75) is 13.8 Å². The Bertz CT molecular complexity index is 727. The van der Waals surface area contributed by atoms with E-state index in [1.165, 1.54) is 0 Å². The smallest absolute Gasteiger partial charge is 0.271 e. The van der Waals surface area contributed by atoms with E-state index in [1.807, 2.05) is 38.1 Å². The molecule has 2 aromatic carbocycles. The predicted molar refractivity (Wildman–Crippen MR) is 96.8 cm³/mol. The summed E-state index contributed by atoms with van der Waals surface area (Å²) in [6, 6.07) is 12.4. The summed E-state index contributed by atoms with van der Waals surface area (Å²) in [5, 5.41) is 3.97. The van der Waals surface area contributed by atoms with Gasteiger partial charge in [0, 0.05) is 5.56 Å². The van der Waals surface area contributed by atoms with Crippen molar-refractivity contribution < 1.29 is 19.0 Å². The van der Waals surface area contributed by atoms with E-state index < -0.39 is 0 Å². The normalized spacial score (nSPS) is 10.5. The highest BCUT2D eigenvalue weighted by atomic mass is 16.5. The number of benzene rings is 2. The third-order valence-electron chi connectivity index (χ3n) is 3.30. The van der Waals surface area contributed by atoms with Gasteiger partial charge in [-0.05, 0) is 61.9 Å². The van der Waals surface area contributed by atoms with Crippen LogP contribution in [0, 0.1) is 0 Å². The lowest BCUT2D eigenvalue weighted by molar-refractivity contribution is 0.0954. The molecule has 0 radical (unpaired) electrons. The SMILES string of the molecule is CCOc1ccc(/C=N/NC(=O)c2ccc(OC)c(OCC)c2)cc1. The van der Waals surface area contributed by atoms with E-state index in [0.717, 1.165) is 11.3 Å². The zero-order valence-electron chi connectivity index (χ0n) is 14.6. The Morgan fingerprint density at radius 2 is 1.76 bits per heavy atom. The van der Waals surface area contributed by atoms with Gasteiger partial charge in [-0.3, -0.25) is 4.79 Å². The Balaban J connectivity index is 2.00. The van der Waals surface area contributed by atoms with E-state index in [1.54, 1.807) is 31.5 Å². The summed E-state index contributed by atoms with van der Waals surface area (Å²) in [5.74, 6) is 1.57. The monoisotopic (exact) mass is 342 g/mol. The molecule has 132 valence electrons. The van der Waals surface area contributed by atoms with E-state index in [4.69, 9.17) is 14.2 Å². The average molecular weight is 342 g/mol. The van der Waals surface area contributed by atoms with Crippen molar-refractivity contribution in [2.75, 3.05) is 20.3 Å². The molecule has 0 fully saturated rings. The first-order valence-electron chi connectivity index (χ1n) is 8.05. The maximum absolute atomic E-state index is 12.2. The number of hydrogen-bond acceptors (Lipinski definition) is 5. The molecule has 0 aliphatic rings. The number of carbonyl (C=O) groups is 1. The molecular formula is C19H22N2O4. The van der Waals surface area contributed by atoms with Crippen LogP contribution < -0.4 is 19.6 Å². The fourth-order valence-electron chi connectivity index (χ4n) is 2.13. The standard InChI is InChI=1S/C19H22N2O4/c1-4-24-16-9-6-14(7-10-16)13-20-21-19(22)15-8-11-17(23-3)18(12-15)25-5-2/h6-13H,4-5H2,1-3H3,(H,21,22)/b20-13+. The number of rotatable bonds is 8. The third-order valence-corrected chi connectivity index (χ3v) is 3.30. The van der Waals surface area contributed by atoms with Crippen LogP contribution in [0.4, 0.5) is 0 Å². The van der Waals surface area contributed by atoms with Gasteiger partial charge in [0.1, 0.15) is 5.75 Å². The van der Waals surface area contributed by atoms with Crippen molar-refractivity contribution in [2.24, 2.45) is 5.10 Å². The molecule has 0 bridgehead atoms. The minimum atomic E-state index is -0.328. The second kappa shape index (κ2) is 9.32. The zero-order valence-corrected chi connectivity index (χ0v) is 14.6. The molecule has 1 amide bonds. The number of nitrogens with one attached hydrogen (secondary N) is 1. The van der Waals surface area contributed by atoms with Crippen LogP contribution in [0.3, 0.4) is 0 Å². The molecular weight excluding hydrogens is 320 g/mol. The summed E-state index contributed by atoms with van der Waals surface area (Å²) in [5.41, 5.74) is 3.79. The van der Waals surface area contributed by atoms with Gasteiger partial charge in [0.15, 0.2) is 11.5 Å². The molecule has 6 heteroatoms. The second-order valence-corrected chi connectivity index (χ2v) is 5.00. The lowest BCUT2D eigenvalue weighted by atomic mass is 10.2. The molecule has 2 aromatic rings. The lowest BCUT2D eigenvalue weighted by Gasteiger charge is -2.10. The van der Waals surface area contributed by atoms with Gasteiger partial charge in [0.2, 0.25) is 0 Å². The van der Waals surface area contributed by atoms with Crippen molar-refractivity contribution >= 4 is 12.1 Å². The molecule has 0 saturated carbocycles. The van der Waals surface area contributed by atoms with Gasteiger partial charge in [-0.2, -0.15) is 5.10 Å². The van der Waals surface area contributed by atoms with Gasteiger partial charge in [-0.1, -0.05) is 0 Å². The van der Waals surface area contributed by atoms with Crippen LogP contribution in [-0.2, 0) is 0 Å². The summed E-state index contributed by atoms with van der Waals surface area (Å²) < 4.78 is 16.0. The molecule has 25 heavy (non-hydrogen) atoms. The van der Waals surface area contributed by atoms with Gasteiger partial charge in [-0.15, -0.1) is 0 Å². The first-order valence-corrected chi connectivity index (χ1v) is 8.05. The number of ether oxygens (including phenoxy) is 3. The molecule has 1 N–H and O–H groups in total. The van der Waals surface area contributed by atoms with Crippen molar-refractivity contribution in [1.29, 1.82) is 0 Å². The molecule has 6 nitrogen and oxygen atoms in total. The molecule has 0 spiro atoms. The van der Waals surface area contributed by atoms with Gasteiger partial charge < -0.3 is 14.2 Å². The van der Waals surface area contributed by atoms with Crippen LogP contribution in [0.2, 0.25) is 0 Å². The number of nitrogens with zero attached hydrogens (tertiary/aromatic N) is 1. The minimum Gasteiger partial charge on any atom is -0.494 e. The highest BCUT2D eigenvalue weighted by Gasteiger charge is 2.10. The van der Waals surface area contributed by atoms with Crippen molar-refractivity contribution in [1.82, 2.24) is 5.43 Å². The fourth-order valence-corrected chi connectivity index (χ4v) is 2.13. The first kappa shape index (κ1) is 18.3. The quantitative estimate of drug-likeness (QED) is 0.590. The lowest BCUT2D eigenvalue weighted by Crippen LogP contribution is -2.17. The Kier molecular flexibility index (Phi) is 6.83. The van der Waals surface area contributed by atoms with Crippen molar-refractivity contribution in [3.8, 4) is 17.2 Å². The number of methoxy groups -OCH3 is 1. The number of amides is 1. The van der Waals surface area contributed by atoms with Crippen LogP contribution in [0.5, 0.6) is 17.2 Å². The summed E-state index contributed by atoms with van der Waals surface area (Å²) in [6.45, 7) is 4.90. The van der Waals surface area contributed by atoms with Gasteiger partial charge in [0.25, 0.3) is 5.91 Å². The Labute approximate surface area is 147 Å². The maximum atomic E-state index is 12.2. The van der Waals surface area contributed by atoms with Gasteiger partial charge in [0.05, 0.1) is 26.5 Å². The van der Waals surface area contributed by atoms with Crippen LogP contribution in [-0.4, -0.2) is 32.4 Å². The summed E-state index contributed by atoms with van der Waals surface area (Å²) >= 11 is 0. The fraction of sp³-hybridized carbons (Fsp3) is 0.263. The van der Waals surface area contributed by atoms with Crippen molar-refractivity contribution in [3.63, 3.8) is 0 Å². The topological polar surface area (TPSA) is 69.2 Å². The van der Waals surface area contributed by atoms with Crippen LogP contribution >= 0.6 is 0 Å². The molecule has 0 atom stereocenters. The van der Waals surface area contributed by atoms with Crippen LogP contribution in [0.15, 0.2) is 47.6 Å². The Hall–Kier alpha value is -3.02. The zero-order chi connectivity index (χ0) is 18.1. The average Bonchev–Trinajstić information content (AvgIpc) is 2.63. The van der Waals surface area contributed by atoms with Gasteiger partial charge >= 0.3 is 0 Å². The molecule has 0 aliphatic heterocycles. The summed E-state index contributed by atoms with van der Waals surface area (Å²) in [7, 11) is 1.55. The number of carbonyl (C=O) groups excluding carboxylic acids is 1. The Morgan fingerprint density at radius 3 is 2.40 bits per heavy atom. The largest absolute Gasteiger partial charge is 0.494 e. The van der Waals surface area contributed by atoms with Crippen LogP contribution in [0.1, 0.15) is 29.8 Å². The van der Waals surface area contributed by atoms with Gasteiger partial charge in [-0.25, -0.2) is 5.43 Å². The molecule has 2 rings (SSSR count). The Morgan fingerprint density at radius 1 is 1.04 bits per heavy atom. The maximum Gasteiger partial charge on any atom is 0.271 e.